The van der Waals surface area contributed by atoms with Crippen LogP contribution in [0.25, 0.3) is 5.69 Å². The molecule has 2 heterocycles. The third-order valence-corrected chi connectivity index (χ3v) is 5.38. The van der Waals surface area contributed by atoms with Crippen molar-refractivity contribution in [2.75, 3.05) is 0 Å². The summed E-state index contributed by atoms with van der Waals surface area (Å²) < 4.78 is 80.5. The number of rotatable bonds is 3. The highest BCUT2D eigenvalue weighted by Crippen LogP contribution is 2.34. The standard InChI is InChI=1S/C15H10ClF4N3O4S/c16-8-5-9(17)11(6-13(8)27-28(25,26)15(18,19)20)23-12(7-21)10-3-1-2-4-22(10)14(23)24/h5-6H,1-4H2. The van der Waals surface area contributed by atoms with Crippen molar-refractivity contribution in [3.8, 4) is 17.5 Å². The van der Waals surface area contributed by atoms with Crippen molar-refractivity contribution in [2.45, 2.75) is 31.3 Å². The third-order valence-electron chi connectivity index (χ3n) is 4.12. The zero-order chi connectivity index (χ0) is 20.9. The second-order valence-corrected chi connectivity index (χ2v) is 7.80. The molecule has 1 aliphatic heterocycles. The Kier molecular flexibility index (Phi) is 4.93. The lowest BCUT2D eigenvalue weighted by Crippen LogP contribution is -2.28. The molecule has 0 amide bonds. The maximum atomic E-state index is 14.5. The predicted octanol–water partition coefficient (Wildman–Crippen LogP) is 2.87. The van der Waals surface area contributed by atoms with Crippen molar-refractivity contribution in [2.24, 2.45) is 0 Å². The fourth-order valence-corrected chi connectivity index (χ4v) is 3.60. The highest BCUT2D eigenvalue weighted by molar-refractivity contribution is 7.88. The van der Waals surface area contributed by atoms with Crippen molar-refractivity contribution in [3.05, 3.63) is 44.8 Å². The van der Waals surface area contributed by atoms with Gasteiger partial charge in [0.1, 0.15) is 17.6 Å². The van der Waals surface area contributed by atoms with Crippen molar-refractivity contribution < 1.29 is 30.2 Å². The summed E-state index contributed by atoms with van der Waals surface area (Å²) in [5, 5.41) is 8.65. The van der Waals surface area contributed by atoms with Gasteiger partial charge in [-0.05, 0) is 25.3 Å². The van der Waals surface area contributed by atoms with Crippen LogP contribution in [0, 0.1) is 17.1 Å². The van der Waals surface area contributed by atoms with E-state index in [9.17, 15) is 36.0 Å². The van der Waals surface area contributed by atoms with Crippen LogP contribution in [0.4, 0.5) is 17.6 Å². The minimum atomic E-state index is -6.08. The molecule has 0 fully saturated rings. The number of hydrogen-bond acceptors (Lipinski definition) is 5. The first-order valence-electron chi connectivity index (χ1n) is 7.72. The van der Waals surface area contributed by atoms with Crippen LogP contribution in [0.5, 0.6) is 5.75 Å². The second kappa shape index (κ2) is 6.82. The molecule has 1 aliphatic rings. The van der Waals surface area contributed by atoms with Crippen LogP contribution < -0.4 is 9.87 Å². The van der Waals surface area contributed by atoms with Crippen LogP contribution in [0.15, 0.2) is 16.9 Å². The molecule has 0 unspecified atom stereocenters. The summed E-state index contributed by atoms with van der Waals surface area (Å²) >= 11 is 5.61. The maximum absolute atomic E-state index is 14.5. The average molecular weight is 440 g/mol. The molecule has 0 atom stereocenters. The summed E-state index contributed by atoms with van der Waals surface area (Å²) in [6.07, 6.45) is 1.73. The number of nitriles is 1. The first-order chi connectivity index (χ1) is 13.0. The lowest BCUT2D eigenvalue weighted by Gasteiger charge is -2.13. The van der Waals surface area contributed by atoms with E-state index >= 15 is 0 Å². The predicted molar refractivity (Wildman–Crippen MR) is 88.3 cm³/mol. The Balaban J connectivity index is 2.22. The Hall–Kier alpha value is -2.52. The Bertz CT molecular complexity index is 1160. The van der Waals surface area contributed by atoms with Gasteiger partial charge in [-0.2, -0.15) is 26.9 Å². The Labute approximate surface area is 160 Å². The number of halogens is 5. The minimum absolute atomic E-state index is 0.199. The van der Waals surface area contributed by atoms with Crippen molar-refractivity contribution in [1.82, 2.24) is 9.13 Å². The van der Waals surface area contributed by atoms with Crippen LogP contribution in [0.2, 0.25) is 5.02 Å². The fraction of sp³-hybridized carbons (Fsp3) is 0.333. The first kappa shape index (κ1) is 20.2. The highest BCUT2D eigenvalue weighted by Gasteiger charge is 2.49. The third kappa shape index (κ3) is 3.24. The Morgan fingerprint density at radius 1 is 1.25 bits per heavy atom. The zero-order valence-electron chi connectivity index (χ0n) is 13.8. The van der Waals surface area contributed by atoms with Gasteiger partial charge >= 0.3 is 21.3 Å². The number of aromatic nitrogens is 2. The van der Waals surface area contributed by atoms with E-state index in [1.165, 1.54) is 4.57 Å². The van der Waals surface area contributed by atoms with Gasteiger partial charge in [0.05, 0.1) is 16.4 Å². The number of fused-ring (bicyclic) bond motifs is 1. The molecule has 1 aromatic heterocycles. The number of benzene rings is 1. The molecule has 0 saturated heterocycles. The summed E-state index contributed by atoms with van der Waals surface area (Å²) in [5.41, 5.74) is -7.01. The van der Waals surface area contributed by atoms with E-state index in [1.54, 1.807) is 6.07 Å². The normalized spacial score (nSPS) is 14.4. The summed E-state index contributed by atoms with van der Waals surface area (Å²) in [5.74, 6) is -2.18. The van der Waals surface area contributed by atoms with Crippen LogP contribution in [-0.2, 0) is 23.1 Å². The molecule has 13 heteroatoms. The van der Waals surface area contributed by atoms with E-state index < -0.39 is 43.6 Å². The van der Waals surface area contributed by atoms with E-state index in [1.807, 2.05) is 0 Å². The van der Waals surface area contributed by atoms with Gasteiger partial charge in [0.25, 0.3) is 0 Å². The lowest BCUT2D eigenvalue weighted by atomic mass is 10.1. The fourth-order valence-electron chi connectivity index (χ4n) is 2.89. The van der Waals surface area contributed by atoms with Gasteiger partial charge < -0.3 is 4.18 Å². The molecule has 1 aromatic carbocycles. The number of nitrogens with zero attached hydrogens (tertiary/aromatic N) is 3. The summed E-state index contributed by atoms with van der Waals surface area (Å²) in [6.45, 7) is 0.289. The topological polar surface area (TPSA) is 94.1 Å². The van der Waals surface area contributed by atoms with Crippen LogP contribution in [-0.4, -0.2) is 23.1 Å². The van der Waals surface area contributed by atoms with Crippen LogP contribution in [0.1, 0.15) is 24.2 Å². The lowest BCUT2D eigenvalue weighted by molar-refractivity contribution is -0.0500. The summed E-state index contributed by atoms with van der Waals surface area (Å²) in [4.78, 5) is 12.6. The molecule has 0 bridgehead atoms. The number of hydrogen-bond donors (Lipinski definition) is 0. The van der Waals surface area contributed by atoms with Crippen molar-refractivity contribution >= 4 is 21.7 Å². The van der Waals surface area contributed by atoms with E-state index in [4.69, 9.17) is 11.6 Å². The SMILES string of the molecule is N#Cc1c2n(c(=O)n1-c1cc(OS(=O)(=O)C(F)(F)F)c(Cl)cc1F)CCCC2. The molecule has 0 spiro atoms. The molecular weight excluding hydrogens is 430 g/mol. The smallest absolute Gasteiger partial charge is 0.374 e. The van der Waals surface area contributed by atoms with E-state index in [2.05, 4.69) is 4.18 Å². The van der Waals surface area contributed by atoms with Crippen molar-refractivity contribution in [3.63, 3.8) is 0 Å². The number of imidazole rings is 1. The minimum Gasteiger partial charge on any atom is -0.374 e. The first-order valence-corrected chi connectivity index (χ1v) is 9.51. The summed E-state index contributed by atoms with van der Waals surface area (Å²) in [7, 11) is -6.08. The molecule has 0 saturated carbocycles. The molecule has 150 valence electrons. The van der Waals surface area contributed by atoms with Crippen LogP contribution in [0.3, 0.4) is 0 Å². The molecule has 2 aromatic rings. The Morgan fingerprint density at radius 2 is 1.93 bits per heavy atom. The van der Waals surface area contributed by atoms with Crippen LogP contribution >= 0.6 is 11.6 Å². The highest BCUT2D eigenvalue weighted by atomic mass is 35.5. The maximum Gasteiger partial charge on any atom is 0.534 e. The summed E-state index contributed by atoms with van der Waals surface area (Å²) in [6, 6.07) is 2.82. The van der Waals surface area contributed by atoms with Crippen molar-refractivity contribution in [1.29, 1.82) is 5.26 Å². The zero-order valence-corrected chi connectivity index (χ0v) is 15.3. The van der Waals surface area contributed by atoms with Gasteiger partial charge in [0.2, 0.25) is 0 Å². The monoisotopic (exact) mass is 439 g/mol. The second-order valence-electron chi connectivity index (χ2n) is 5.85. The molecule has 0 N–H and O–H groups in total. The van der Waals surface area contributed by atoms with Gasteiger partial charge in [-0.3, -0.25) is 4.57 Å². The average Bonchev–Trinajstić information content (AvgIpc) is 2.88. The molecular formula is C15H10ClF4N3O4S. The molecule has 7 nitrogen and oxygen atoms in total. The largest absolute Gasteiger partial charge is 0.534 e. The van der Waals surface area contributed by atoms with E-state index in [0.29, 0.717) is 41.7 Å². The van der Waals surface area contributed by atoms with Gasteiger partial charge in [0, 0.05) is 12.6 Å². The Morgan fingerprint density at radius 3 is 2.54 bits per heavy atom. The van der Waals surface area contributed by atoms with Gasteiger partial charge in [-0.15, -0.1) is 0 Å². The molecule has 0 aliphatic carbocycles. The van der Waals surface area contributed by atoms with Gasteiger partial charge in [0.15, 0.2) is 5.75 Å². The molecule has 0 radical (unpaired) electrons. The van der Waals surface area contributed by atoms with Gasteiger partial charge in [-0.1, -0.05) is 11.6 Å². The quantitative estimate of drug-likeness (QED) is 0.416. The molecule has 3 rings (SSSR count). The van der Waals surface area contributed by atoms with Gasteiger partial charge in [-0.25, -0.2) is 13.8 Å². The number of alkyl halides is 3. The van der Waals surface area contributed by atoms with E-state index in [0.717, 1.165) is 0 Å². The van der Waals surface area contributed by atoms with E-state index in [-0.39, 0.29) is 12.2 Å². The molecule has 28 heavy (non-hydrogen) atoms.